The molecule has 2 heterocycles. The summed E-state index contributed by atoms with van der Waals surface area (Å²) in [6, 6.07) is 2.36. The predicted octanol–water partition coefficient (Wildman–Crippen LogP) is 2.65. The lowest BCUT2D eigenvalue weighted by Crippen LogP contribution is -2.45. The van der Waals surface area contributed by atoms with Gasteiger partial charge in [-0.3, -0.25) is 0 Å². The predicted molar refractivity (Wildman–Crippen MR) is 63.4 cm³/mol. The molecule has 2 rings (SSSR count). The number of halogens is 3. The fraction of sp³-hybridized carbons (Fsp3) is 0.583. The molecule has 0 saturated carbocycles. The number of pyridine rings is 1. The maximum Gasteiger partial charge on any atom is 0.419 e. The highest BCUT2D eigenvalue weighted by Gasteiger charge is 2.36. The second-order valence-corrected chi connectivity index (χ2v) is 4.83. The average Bonchev–Trinajstić information content (AvgIpc) is 2.28. The Kier molecular flexibility index (Phi) is 3.47. The third-order valence-electron chi connectivity index (χ3n) is 3.24. The minimum atomic E-state index is -4.38. The Balaban J connectivity index is 2.23. The van der Waals surface area contributed by atoms with Crippen LogP contribution in [0.5, 0.6) is 0 Å². The van der Waals surface area contributed by atoms with Gasteiger partial charge in [-0.25, -0.2) is 4.98 Å². The zero-order valence-corrected chi connectivity index (χ0v) is 10.1. The number of anilines is 1. The molecule has 1 saturated heterocycles. The first kappa shape index (κ1) is 13.1. The van der Waals surface area contributed by atoms with Crippen LogP contribution in [-0.2, 0) is 6.18 Å². The molecule has 0 atom stereocenters. The van der Waals surface area contributed by atoms with Gasteiger partial charge in [0.2, 0.25) is 0 Å². The molecule has 0 aromatic carbocycles. The van der Waals surface area contributed by atoms with Crippen molar-refractivity contribution in [2.75, 3.05) is 18.4 Å². The minimum Gasteiger partial charge on any atom is -0.364 e. The van der Waals surface area contributed by atoms with Crippen molar-refractivity contribution >= 4 is 5.82 Å². The van der Waals surface area contributed by atoms with E-state index < -0.39 is 11.7 Å². The molecule has 0 bridgehead atoms. The fourth-order valence-corrected chi connectivity index (χ4v) is 2.12. The van der Waals surface area contributed by atoms with E-state index >= 15 is 0 Å². The lowest BCUT2D eigenvalue weighted by Gasteiger charge is -2.36. The molecular formula is C12H16F3N3. The number of nitrogens with one attached hydrogen (secondary N) is 2. The fourth-order valence-electron chi connectivity index (χ4n) is 2.12. The molecule has 1 aliphatic rings. The summed E-state index contributed by atoms with van der Waals surface area (Å²) in [7, 11) is 0. The lowest BCUT2D eigenvalue weighted by atomic mass is 9.90. The van der Waals surface area contributed by atoms with Crippen LogP contribution in [0, 0.1) is 0 Å². The first-order valence-corrected chi connectivity index (χ1v) is 5.92. The third-order valence-corrected chi connectivity index (χ3v) is 3.24. The van der Waals surface area contributed by atoms with Crippen molar-refractivity contribution in [3.8, 4) is 0 Å². The van der Waals surface area contributed by atoms with Crippen LogP contribution in [-0.4, -0.2) is 23.6 Å². The molecule has 100 valence electrons. The number of rotatable bonds is 2. The molecule has 1 aromatic heterocycles. The zero-order valence-electron chi connectivity index (χ0n) is 10.1. The molecule has 1 fully saturated rings. The van der Waals surface area contributed by atoms with Crippen LogP contribution < -0.4 is 10.6 Å². The van der Waals surface area contributed by atoms with Crippen LogP contribution in [0.15, 0.2) is 18.3 Å². The van der Waals surface area contributed by atoms with Crippen LogP contribution in [0.3, 0.4) is 0 Å². The first-order valence-electron chi connectivity index (χ1n) is 5.92. The van der Waals surface area contributed by atoms with Crippen molar-refractivity contribution in [2.24, 2.45) is 0 Å². The Hall–Kier alpha value is -1.30. The highest BCUT2D eigenvalue weighted by Crippen LogP contribution is 2.35. The number of hydrogen-bond acceptors (Lipinski definition) is 3. The van der Waals surface area contributed by atoms with Gasteiger partial charge in [0.15, 0.2) is 0 Å². The highest BCUT2D eigenvalue weighted by atomic mass is 19.4. The summed E-state index contributed by atoms with van der Waals surface area (Å²) in [6.45, 7) is 3.54. The van der Waals surface area contributed by atoms with Gasteiger partial charge < -0.3 is 10.6 Å². The van der Waals surface area contributed by atoms with Gasteiger partial charge in [0.05, 0.1) is 5.56 Å². The van der Waals surface area contributed by atoms with Crippen LogP contribution in [0.4, 0.5) is 19.0 Å². The summed E-state index contributed by atoms with van der Waals surface area (Å²) in [5.41, 5.74) is -1.04. The highest BCUT2D eigenvalue weighted by molar-refractivity contribution is 5.47. The van der Waals surface area contributed by atoms with Crippen LogP contribution in [0.1, 0.15) is 25.3 Å². The second kappa shape index (κ2) is 4.76. The normalized spacial score (nSPS) is 19.6. The molecule has 0 amide bonds. The molecule has 3 nitrogen and oxygen atoms in total. The molecule has 6 heteroatoms. The Morgan fingerprint density at radius 1 is 1.33 bits per heavy atom. The summed E-state index contributed by atoms with van der Waals surface area (Å²) in [5, 5.41) is 6.15. The van der Waals surface area contributed by atoms with Gasteiger partial charge in [0, 0.05) is 11.7 Å². The Morgan fingerprint density at radius 2 is 2.00 bits per heavy atom. The van der Waals surface area contributed by atoms with Crippen LogP contribution in [0.2, 0.25) is 0 Å². The Labute approximate surface area is 104 Å². The van der Waals surface area contributed by atoms with Crippen molar-refractivity contribution in [1.82, 2.24) is 10.3 Å². The topological polar surface area (TPSA) is 37.0 Å². The van der Waals surface area contributed by atoms with E-state index in [-0.39, 0.29) is 11.4 Å². The number of hydrogen-bond donors (Lipinski definition) is 2. The molecule has 0 aliphatic carbocycles. The molecule has 0 spiro atoms. The summed E-state index contributed by atoms with van der Waals surface area (Å²) < 4.78 is 38.5. The van der Waals surface area contributed by atoms with Crippen molar-refractivity contribution in [2.45, 2.75) is 31.5 Å². The smallest absolute Gasteiger partial charge is 0.364 e. The van der Waals surface area contributed by atoms with Gasteiger partial charge in [-0.1, -0.05) is 0 Å². The van der Waals surface area contributed by atoms with E-state index in [0.29, 0.717) is 0 Å². The number of piperidine rings is 1. The maximum absolute atomic E-state index is 12.8. The van der Waals surface area contributed by atoms with Gasteiger partial charge >= 0.3 is 6.18 Å². The first-order chi connectivity index (χ1) is 8.41. The van der Waals surface area contributed by atoms with Crippen LogP contribution in [0.25, 0.3) is 0 Å². The number of nitrogens with zero attached hydrogens (tertiary/aromatic N) is 1. The van der Waals surface area contributed by atoms with Crippen molar-refractivity contribution in [1.29, 1.82) is 0 Å². The SMILES string of the molecule is CC1(Nc2ncccc2C(F)(F)F)CCNCC1. The summed E-state index contributed by atoms with van der Waals surface area (Å²) in [4.78, 5) is 3.83. The Bertz CT molecular complexity index is 411. The van der Waals surface area contributed by atoms with Crippen molar-refractivity contribution in [3.05, 3.63) is 23.9 Å². The molecule has 1 aromatic rings. The third kappa shape index (κ3) is 2.93. The second-order valence-electron chi connectivity index (χ2n) is 4.83. The molecule has 0 radical (unpaired) electrons. The monoisotopic (exact) mass is 259 g/mol. The summed E-state index contributed by atoms with van der Waals surface area (Å²) in [5.74, 6) is -0.0746. The van der Waals surface area contributed by atoms with Gasteiger partial charge in [-0.15, -0.1) is 0 Å². The van der Waals surface area contributed by atoms with Gasteiger partial charge in [-0.05, 0) is 45.0 Å². The summed E-state index contributed by atoms with van der Waals surface area (Å²) in [6.07, 6.45) is -1.44. The molecular weight excluding hydrogens is 243 g/mol. The lowest BCUT2D eigenvalue weighted by molar-refractivity contribution is -0.137. The van der Waals surface area contributed by atoms with Crippen molar-refractivity contribution < 1.29 is 13.2 Å². The van der Waals surface area contributed by atoms with E-state index in [0.717, 1.165) is 32.0 Å². The van der Waals surface area contributed by atoms with Gasteiger partial charge in [0.1, 0.15) is 5.82 Å². The Morgan fingerprint density at radius 3 is 2.61 bits per heavy atom. The minimum absolute atomic E-state index is 0.0746. The average molecular weight is 259 g/mol. The van der Waals surface area contributed by atoms with E-state index in [1.165, 1.54) is 12.3 Å². The van der Waals surface area contributed by atoms with Gasteiger partial charge in [0.25, 0.3) is 0 Å². The summed E-state index contributed by atoms with van der Waals surface area (Å²) >= 11 is 0. The van der Waals surface area contributed by atoms with E-state index in [1.807, 2.05) is 6.92 Å². The number of alkyl halides is 3. The van der Waals surface area contributed by atoms with E-state index in [2.05, 4.69) is 15.6 Å². The molecule has 18 heavy (non-hydrogen) atoms. The number of aromatic nitrogens is 1. The standard InChI is InChI=1S/C12H16F3N3/c1-11(4-7-16-8-5-11)18-10-9(12(13,14)15)3-2-6-17-10/h2-3,6,16H,4-5,7-8H2,1H3,(H,17,18). The van der Waals surface area contributed by atoms with E-state index in [4.69, 9.17) is 0 Å². The van der Waals surface area contributed by atoms with E-state index in [9.17, 15) is 13.2 Å². The van der Waals surface area contributed by atoms with Crippen molar-refractivity contribution in [3.63, 3.8) is 0 Å². The molecule has 1 aliphatic heterocycles. The van der Waals surface area contributed by atoms with Crippen LogP contribution >= 0.6 is 0 Å². The largest absolute Gasteiger partial charge is 0.419 e. The van der Waals surface area contributed by atoms with E-state index in [1.54, 1.807) is 0 Å². The maximum atomic E-state index is 12.8. The molecule has 2 N–H and O–H groups in total. The van der Waals surface area contributed by atoms with Gasteiger partial charge in [-0.2, -0.15) is 13.2 Å². The molecule has 0 unspecified atom stereocenters. The quantitative estimate of drug-likeness (QED) is 0.857. The zero-order chi connectivity index (χ0) is 13.2.